The molecule has 0 fully saturated rings. The van der Waals surface area contributed by atoms with Crippen LogP contribution in [0.5, 0.6) is 23.0 Å². The minimum atomic E-state index is -0.207. The van der Waals surface area contributed by atoms with Gasteiger partial charge >= 0.3 is 0 Å². The van der Waals surface area contributed by atoms with Crippen molar-refractivity contribution in [2.45, 2.75) is 19.3 Å². The Morgan fingerprint density at radius 2 is 1.40 bits per heavy atom. The highest BCUT2D eigenvalue weighted by atomic mass is 16.6. The SMILES string of the molecule is CC1(C)c2cc(-n3c4ccccc4c4cc(-c5ccccn5)ccc43)ccc2-c2c1ccc1c2Oc2ccccc2O1. The van der Waals surface area contributed by atoms with Crippen molar-refractivity contribution in [1.29, 1.82) is 0 Å². The van der Waals surface area contributed by atoms with Crippen molar-refractivity contribution in [3.8, 4) is 51.1 Å². The van der Waals surface area contributed by atoms with Gasteiger partial charge in [0, 0.05) is 39.2 Å². The van der Waals surface area contributed by atoms with Crippen LogP contribution in [-0.2, 0) is 5.41 Å². The maximum atomic E-state index is 6.50. The molecule has 1 aliphatic heterocycles. The molecule has 2 aromatic heterocycles. The molecular formula is C38H26N2O2. The monoisotopic (exact) mass is 542 g/mol. The predicted octanol–water partition coefficient (Wildman–Crippen LogP) is 10.0. The number of aromatic nitrogens is 2. The molecule has 1 aliphatic carbocycles. The lowest BCUT2D eigenvalue weighted by atomic mass is 9.82. The van der Waals surface area contributed by atoms with Crippen LogP contribution < -0.4 is 9.47 Å². The highest BCUT2D eigenvalue weighted by Crippen LogP contribution is 2.58. The van der Waals surface area contributed by atoms with Crippen LogP contribution in [0, 0.1) is 0 Å². The van der Waals surface area contributed by atoms with Gasteiger partial charge in [-0.2, -0.15) is 0 Å². The van der Waals surface area contributed by atoms with Crippen molar-refractivity contribution in [3.63, 3.8) is 0 Å². The largest absolute Gasteiger partial charge is 0.449 e. The van der Waals surface area contributed by atoms with E-state index in [1.54, 1.807) is 0 Å². The smallest absolute Gasteiger partial charge is 0.178 e. The van der Waals surface area contributed by atoms with Gasteiger partial charge in [0.2, 0.25) is 0 Å². The fraction of sp³-hybridized carbons (Fsp3) is 0.0789. The molecule has 4 heteroatoms. The average molecular weight is 543 g/mol. The Hall–Kier alpha value is -5.35. The maximum absolute atomic E-state index is 6.50. The normalized spacial score (nSPS) is 14.0. The van der Waals surface area contributed by atoms with Crippen molar-refractivity contribution in [3.05, 3.63) is 133 Å². The van der Waals surface area contributed by atoms with Crippen molar-refractivity contribution in [2.24, 2.45) is 0 Å². The Balaban J connectivity index is 1.24. The molecule has 0 saturated heterocycles. The van der Waals surface area contributed by atoms with Crippen LogP contribution in [0.2, 0.25) is 0 Å². The van der Waals surface area contributed by atoms with E-state index in [2.05, 4.69) is 96.2 Å². The summed E-state index contributed by atoms with van der Waals surface area (Å²) in [5.74, 6) is 3.04. The fourth-order valence-electron chi connectivity index (χ4n) is 6.88. The highest BCUT2D eigenvalue weighted by Gasteiger charge is 2.40. The van der Waals surface area contributed by atoms with Gasteiger partial charge in [-0.05, 0) is 77.4 Å². The summed E-state index contributed by atoms with van der Waals surface area (Å²) >= 11 is 0. The molecule has 5 aromatic carbocycles. The topological polar surface area (TPSA) is 36.3 Å². The number of nitrogens with zero attached hydrogens (tertiary/aromatic N) is 2. The van der Waals surface area contributed by atoms with Crippen LogP contribution in [0.3, 0.4) is 0 Å². The number of hydrogen-bond acceptors (Lipinski definition) is 3. The Labute approximate surface area is 243 Å². The van der Waals surface area contributed by atoms with Gasteiger partial charge < -0.3 is 14.0 Å². The molecule has 2 aliphatic rings. The second-order valence-corrected chi connectivity index (χ2v) is 11.6. The van der Waals surface area contributed by atoms with E-state index in [4.69, 9.17) is 9.47 Å². The first kappa shape index (κ1) is 23.4. The Kier molecular flexibility index (Phi) is 4.64. The van der Waals surface area contributed by atoms with Gasteiger partial charge in [-0.1, -0.05) is 68.4 Å². The first-order valence-electron chi connectivity index (χ1n) is 14.3. The van der Waals surface area contributed by atoms with E-state index in [0.717, 1.165) is 45.5 Å². The number of hydrogen-bond donors (Lipinski definition) is 0. The molecule has 0 spiro atoms. The second kappa shape index (κ2) is 8.34. The predicted molar refractivity (Wildman–Crippen MR) is 168 cm³/mol. The summed E-state index contributed by atoms with van der Waals surface area (Å²) in [6, 6.07) is 40.3. The minimum absolute atomic E-state index is 0.207. The lowest BCUT2D eigenvalue weighted by Crippen LogP contribution is -2.15. The molecule has 0 unspecified atom stereocenters. The van der Waals surface area contributed by atoms with Crippen molar-refractivity contribution in [1.82, 2.24) is 9.55 Å². The zero-order valence-electron chi connectivity index (χ0n) is 23.3. The Morgan fingerprint density at radius 1 is 0.619 bits per heavy atom. The summed E-state index contributed by atoms with van der Waals surface area (Å²) in [5.41, 5.74) is 10.2. The number of benzene rings is 5. The quantitative estimate of drug-likeness (QED) is 0.218. The number of ether oxygens (including phenoxy) is 2. The van der Waals surface area contributed by atoms with E-state index in [0.29, 0.717) is 0 Å². The van der Waals surface area contributed by atoms with E-state index in [-0.39, 0.29) is 5.41 Å². The van der Waals surface area contributed by atoms with Gasteiger partial charge in [0.1, 0.15) is 0 Å². The van der Waals surface area contributed by atoms with Crippen LogP contribution >= 0.6 is 0 Å². The third-order valence-electron chi connectivity index (χ3n) is 8.91. The number of pyridine rings is 1. The number of rotatable bonds is 2. The Bertz CT molecular complexity index is 2230. The van der Waals surface area contributed by atoms with Crippen LogP contribution in [0.1, 0.15) is 25.0 Å². The summed E-state index contributed by atoms with van der Waals surface area (Å²) in [6.07, 6.45) is 1.85. The standard InChI is InChI=1S/C38H26N2O2/c1-38(2)28-17-19-35-37(42-34-13-6-5-12-33(34)41-35)36(28)26-16-15-24(22-29(26)38)40-31-11-4-3-9-25(31)27-21-23(14-18-32(27)40)30-10-7-8-20-39-30/h3-22H,1-2H3. The molecule has 0 atom stereocenters. The molecule has 4 nitrogen and oxygen atoms in total. The van der Waals surface area contributed by atoms with Crippen molar-refractivity contribution in [2.75, 3.05) is 0 Å². The summed E-state index contributed by atoms with van der Waals surface area (Å²) in [7, 11) is 0. The number of fused-ring (bicyclic) bond motifs is 9. The van der Waals surface area contributed by atoms with Crippen LogP contribution in [0.4, 0.5) is 0 Å². The number of para-hydroxylation sites is 3. The molecule has 3 heterocycles. The summed E-state index contributed by atoms with van der Waals surface area (Å²) in [4.78, 5) is 4.59. The summed E-state index contributed by atoms with van der Waals surface area (Å²) in [5, 5.41) is 2.45. The van der Waals surface area contributed by atoms with Gasteiger partial charge in [-0.3, -0.25) is 4.98 Å². The van der Waals surface area contributed by atoms with Crippen LogP contribution in [0.15, 0.2) is 121 Å². The van der Waals surface area contributed by atoms with E-state index < -0.39 is 0 Å². The first-order valence-corrected chi connectivity index (χ1v) is 14.3. The summed E-state index contributed by atoms with van der Waals surface area (Å²) in [6.45, 7) is 4.60. The molecule has 9 rings (SSSR count). The van der Waals surface area contributed by atoms with Crippen LogP contribution in [-0.4, -0.2) is 9.55 Å². The third kappa shape index (κ3) is 3.15. The molecule has 200 valence electrons. The average Bonchev–Trinajstić information content (AvgIpc) is 3.48. The molecule has 0 radical (unpaired) electrons. The highest BCUT2D eigenvalue weighted by molar-refractivity contribution is 6.10. The van der Waals surface area contributed by atoms with E-state index >= 15 is 0 Å². The molecular weight excluding hydrogens is 516 g/mol. The second-order valence-electron chi connectivity index (χ2n) is 11.6. The van der Waals surface area contributed by atoms with Crippen LogP contribution in [0.25, 0.3) is 49.9 Å². The molecule has 0 amide bonds. The zero-order chi connectivity index (χ0) is 28.0. The van der Waals surface area contributed by atoms with Crippen molar-refractivity contribution >= 4 is 21.8 Å². The molecule has 7 aromatic rings. The van der Waals surface area contributed by atoms with Crippen molar-refractivity contribution < 1.29 is 9.47 Å². The summed E-state index contributed by atoms with van der Waals surface area (Å²) < 4.78 is 15.2. The van der Waals surface area contributed by atoms with Gasteiger partial charge in [-0.15, -0.1) is 0 Å². The lowest BCUT2D eigenvalue weighted by Gasteiger charge is -2.25. The zero-order valence-corrected chi connectivity index (χ0v) is 23.3. The van der Waals surface area contributed by atoms with Gasteiger partial charge in [0.15, 0.2) is 23.0 Å². The van der Waals surface area contributed by atoms with Gasteiger partial charge in [0.05, 0.1) is 16.7 Å². The fourth-order valence-corrected chi connectivity index (χ4v) is 6.88. The lowest BCUT2D eigenvalue weighted by molar-refractivity contribution is 0.360. The maximum Gasteiger partial charge on any atom is 0.178 e. The minimum Gasteiger partial charge on any atom is -0.449 e. The Morgan fingerprint density at radius 3 is 2.26 bits per heavy atom. The van der Waals surface area contributed by atoms with Gasteiger partial charge in [-0.25, -0.2) is 0 Å². The van der Waals surface area contributed by atoms with E-state index in [1.807, 2.05) is 48.7 Å². The molecule has 0 bridgehead atoms. The third-order valence-corrected chi connectivity index (χ3v) is 8.91. The van der Waals surface area contributed by atoms with E-state index in [9.17, 15) is 0 Å². The first-order chi connectivity index (χ1) is 20.6. The molecule has 0 N–H and O–H groups in total. The van der Waals surface area contributed by atoms with E-state index in [1.165, 1.54) is 38.5 Å². The van der Waals surface area contributed by atoms with Gasteiger partial charge in [0.25, 0.3) is 0 Å². The molecule has 42 heavy (non-hydrogen) atoms. The molecule has 0 saturated carbocycles.